The summed E-state index contributed by atoms with van der Waals surface area (Å²) < 4.78 is 5.88. The van der Waals surface area contributed by atoms with E-state index in [1.165, 1.54) is 12.0 Å². The number of aryl methyl sites for hydroxylation is 1. The smallest absolute Gasteiger partial charge is 0.136 e. The molecule has 3 rings (SSSR count). The Morgan fingerprint density at radius 2 is 2.00 bits per heavy atom. The highest BCUT2D eigenvalue weighted by Gasteiger charge is 2.37. The third-order valence-corrected chi connectivity index (χ3v) is 4.64. The van der Waals surface area contributed by atoms with Gasteiger partial charge in [-0.3, -0.25) is 0 Å². The van der Waals surface area contributed by atoms with Crippen molar-refractivity contribution in [1.82, 2.24) is 0 Å². The molecule has 1 heterocycles. The summed E-state index contributed by atoms with van der Waals surface area (Å²) in [4.78, 5) is 0. The molecule has 0 saturated heterocycles. The number of rotatable bonds is 2. The van der Waals surface area contributed by atoms with E-state index in [0.29, 0.717) is 0 Å². The first-order chi connectivity index (χ1) is 9.10. The molecule has 0 amide bonds. The van der Waals surface area contributed by atoms with Crippen molar-refractivity contribution in [2.24, 2.45) is 5.92 Å². The summed E-state index contributed by atoms with van der Waals surface area (Å²) >= 11 is 0. The zero-order valence-electron chi connectivity index (χ0n) is 11.8. The van der Waals surface area contributed by atoms with Crippen LogP contribution in [0.5, 0.6) is 0 Å². The SMILES string of the molecule is CCC1CCC(O)(c2cc3cc(C)ccc3o2)CC1. The van der Waals surface area contributed by atoms with Gasteiger partial charge in [0.05, 0.1) is 0 Å². The Morgan fingerprint density at radius 1 is 1.26 bits per heavy atom. The summed E-state index contributed by atoms with van der Waals surface area (Å²) in [7, 11) is 0. The quantitative estimate of drug-likeness (QED) is 0.858. The first-order valence-corrected chi connectivity index (χ1v) is 7.34. The number of hydrogen-bond donors (Lipinski definition) is 1. The van der Waals surface area contributed by atoms with Crippen LogP contribution in [0.3, 0.4) is 0 Å². The number of fused-ring (bicyclic) bond motifs is 1. The molecule has 0 spiro atoms. The van der Waals surface area contributed by atoms with E-state index < -0.39 is 5.60 Å². The molecule has 19 heavy (non-hydrogen) atoms. The number of hydrogen-bond acceptors (Lipinski definition) is 2. The molecule has 1 aliphatic rings. The minimum absolute atomic E-state index is 0.751. The van der Waals surface area contributed by atoms with Crippen molar-refractivity contribution in [3.63, 3.8) is 0 Å². The lowest BCUT2D eigenvalue weighted by molar-refractivity contribution is -0.0312. The Bertz CT molecular complexity index is 574. The van der Waals surface area contributed by atoms with Gasteiger partial charge in [0.1, 0.15) is 16.9 Å². The summed E-state index contributed by atoms with van der Waals surface area (Å²) in [5, 5.41) is 11.9. The van der Waals surface area contributed by atoms with Crippen molar-refractivity contribution in [3.05, 3.63) is 35.6 Å². The van der Waals surface area contributed by atoms with E-state index in [1.807, 2.05) is 18.2 Å². The summed E-state index contributed by atoms with van der Waals surface area (Å²) in [5.74, 6) is 1.52. The predicted octanol–water partition coefficient (Wildman–Crippen LogP) is 4.53. The van der Waals surface area contributed by atoms with Crippen molar-refractivity contribution < 1.29 is 9.52 Å². The van der Waals surface area contributed by atoms with Crippen LogP contribution in [0.25, 0.3) is 11.0 Å². The zero-order valence-corrected chi connectivity index (χ0v) is 11.8. The molecule has 0 aliphatic heterocycles. The molecular weight excluding hydrogens is 236 g/mol. The lowest BCUT2D eigenvalue weighted by Gasteiger charge is -2.34. The lowest BCUT2D eigenvalue weighted by atomic mass is 9.76. The fourth-order valence-corrected chi connectivity index (χ4v) is 3.20. The van der Waals surface area contributed by atoms with E-state index in [-0.39, 0.29) is 0 Å². The molecule has 0 bridgehead atoms. The maximum absolute atomic E-state index is 10.8. The molecule has 1 aromatic heterocycles. The topological polar surface area (TPSA) is 33.4 Å². The maximum atomic E-state index is 10.8. The minimum Gasteiger partial charge on any atom is -0.458 e. The second-order valence-electron chi connectivity index (χ2n) is 6.04. The molecule has 1 aliphatic carbocycles. The van der Waals surface area contributed by atoms with Gasteiger partial charge in [-0.25, -0.2) is 0 Å². The van der Waals surface area contributed by atoms with Gasteiger partial charge in [-0.1, -0.05) is 25.0 Å². The summed E-state index contributed by atoms with van der Waals surface area (Å²) in [5.41, 5.74) is 1.35. The summed E-state index contributed by atoms with van der Waals surface area (Å²) in [6, 6.07) is 8.18. The van der Waals surface area contributed by atoms with Crippen LogP contribution in [0.4, 0.5) is 0 Å². The van der Waals surface area contributed by atoms with Crippen LogP contribution in [0.2, 0.25) is 0 Å². The first kappa shape index (κ1) is 12.7. The van der Waals surface area contributed by atoms with Crippen molar-refractivity contribution in [1.29, 1.82) is 0 Å². The lowest BCUT2D eigenvalue weighted by Crippen LogP contribution is -2.30. The molecule has 1 aromatic carbocycles. The van der Waals surface area contributed by atoms with Crippen LogP contribution in [0, 0.1) is 12.8 Å². The fourth-order valence-electron chi connectivity index (χ4n) is 3.20. The summed E-state index contributed by atoms with van der Waals surface area (Å²) in [6.07, 6.45) is 5.07. The predicted molar refractivity (Wildman–Crippen MR) is 77.1 cm³/mol. The Balaban J connectivity index is 1.91. The van der Waals surface area contributed by atoms with Gasteiger partial charge in [0.2, 0.25) is 0 Å². The number of aliphatic hydroxyl groups is 1. The standard InChI is InChI=1S/C17H22O2/c1-3-13-6-8-17(18,9-7-13)16-11-14-10-12(2)4-5-15(14)19-16/h4-5,10-11,13,18H,3,6-9H2,1-2H3. The minimum atomic E-state index is -0.751. The monoisotopic (exact) mass is 258 g/mol. The Hall–Kier alpha value is -1.28. The van der Waals surface area contributed by atoms with E-state index >= 15 is 0 Å². The van der Waals surface area contributed by atoms with Gasteiger partial charge < -0.3 is 9.52 Å². The van der Waals surface area contributed by atoms with Crippen molar-refractivity contribution >= 4 is 11.0 Å². The van der Waals surface area contributed by atoms with Gasteiger partial charge in [-0.2, -0.15) is 0 Å². The Labute approximate surface area is 114 Å². The van der Waals surface area contributed by atoms with Crippen molar-refractivity contribution in [2.75, 3.05) is 0 Å². The van der Waals surface area contributed by atoms with Gasteiger partial charge in [0.25, 0.3) is 0 Å². The van der Waals surface area contributed by atoms with Gasteiger partial charge in [0, 0.05) is 5.39 Å². The Morgan fingerprint density at radius 3 is 2.68 bits per heavy atom. The molecule has 102 valence electrons. The van der Waals surface area contributed by atoms with Crippen LogP contribution in [0.15, 0.2) is 28.7 Å². The maximum Gasteiger partial charge on any atom is 0.136 e. The molecule has 0 unspecified atom stereocenters. The van der Waals surface area contributed by atoms with Crippen molar-refractivity contribution in [2.45, 2.75) is 51.6 Å². The second kappa shape index (κ2) is 4.68. The normalized spacial score (nSPS) is 27.8. The van der Waals surface area contributed by atoms with Gasteiger partial charge in [-0.15, -0.1) is 0 Å². The van der Waals surface area contributed by atoms with Crippen LogP contribution in [0.1, 0.15) is 50.4 Å². The van der Waals surface area contributed by atoms with E-state index in [9.17, 15) is 5.11 Å². The largest absolute Gasteiger partial charge is 0.458 e. The molecule has 1 fully saturated rings. The first-order valence-electron chi connectivity index (χ1n) is 7.34. The van der Waals surface area contributed by atoms with Crippen LogP contribution in [-0.4, -0.2) is 5.11 Å². The average Bonchev–Trinajstić information content (AvgIpc) is 2.83. The van der Waals surface area contributed by atoms with E-state index in [1.54, 1.807) is 0 Å². The van der Waals surface area contributed by atoms with Crippen LogP contribution >= 0.6 is 0 Å². The molecule has 2 aromatic rings. The molecule has 2 heteroatoms. The van der Waals surface area contributed by atoms with Crippen LogP contribution < -0.4 is 0 Å². The van der Waals surface area contributed by atoms with E-state index in [0.717, 1.165) is 48.3 Å². The highest BCUT2D eigenvalue weighted by molar-refractivity contribution is 5.78. The average molecular weight is 258 g/mol. The van der Waals surface area contributed by atoms with E-state index in [2.05, 4.69) is 19.9 Å². The molecular formula is C17H22O2. The molecule has 1 saturated carbocycles. The highest BCUT2D eigenvalue weighted by Crippen LogP contribution is 2.42. The third kappa shape index (κ3) is 2.30. The van der Waals surface area contributed by atoms with Gasteiger partial charge in [-0.05, 0) is 56.7 Å². The second-order valence-corrected chi connectivity index (χ2v) is 6.04. The zero-order chi connectivity index (χ0) is 13.5. The molecule has 2 nitrogen and oxygen atoms in total. The molecule has 0 radical (unpaired) electrons. The number of furan rings is 1. The Kier molecular flexibility index (Phi) is 3.14. The van der Waals surface area contributed by atoms with Gasteiger partial charge >= 0.3 is 0 Å². The summed E-state index contributed by atoms with van der Waals surface area (Å²) in [6.45, 7) is 4.31. The highest BCUT2D eigenvalue weighted by atomic mass is 16.4. The van der Waals surface area contributed by atoms with E-state index in [4.69, 9.17) is 4.42 Å². The van der Waals surface area contributed by atoms with Crippen LogP contribution in [-0.2, 0) is 5.60 Å². The fraction of sp³-hybridized carbons (Fsp3) is 0.529. The number of benzene rings is 1. The van der Waals surface area contributed by atoms with Crippen molar-refractivity contribution in [3.8, 4) is 0 Å². The van der Waals surface area contributed by atoms with Gasteiger partial charge in [0.15, 0.2) is 0 Å². The molecule has 0 atom stereocenters. The molecule has 1 N–H and O–H groups in total. The third-order valence-electron chi connectivity index (χ3n) is 4.64.